The van der Waals surface area contributed by atoms with Crippen LogP contribution >= 0.6 is 0 Å². The molecule has 35 heavy (non-hydrogen) atoms. The molecular weight excluding hydrogens is 440 g/mol. The van der Waals surface area contributed by atoms with Crippen molar-refractivity contribution < 1.29 is 24.5 Å². The number of ether oxygens (including phenoxy) is 2. The Morgan fingerprint density at radius 1 is 1.00 bits per heavy atom. The third-order valence-corrected chi connectivity index (χ3v) is 6.70. The van der Waals surface area contributed by atoms with Gasteiger partial charge in [-0.2, -0.15) is 0 Å². The molecule has 5 heteroatoms. The summed E-state index contributed by atoms with van der Waals surface area (Å²) in [6, 6.07) is 7.34. The normalized spacial score (nSPS) is 18.8. The van der Waals surface area contributed by atoms with Crippen LogP contribution in [0, 0.1) is 0 Å². The van der Waals surface area contributed by atoms with Gasteiger partial charge in [0.1, 0.15) is 29.5 Å². The molecule has 2 heterocycles. The van der Waals surface area contributed by atoms with Crippen LogP contribution < -0.4 is 9.47 Å². The summed E-state index contributed by atoms with van der Waals surface area (Å²) in [7, 11) is 0. The highest BCUT2D eigenvalue weighted by Crippen LogP contribution is 2.44. The van der Waals surface area contributed by atoms with Crippen molar-refractivity contribution in [3.05, 3.63) is 75.4 Å². The predicted molar refractivity (Wildman–Crippen MR) is 138 cm³/mol. The summed E-state index contributed by atoms with van der Waals surface area (Å²) < 4.78 is 12.7. The molecular formula is C30H36O5. The zero-order chi connectivity index (χ0) is 25.5. The zero-order valence-electron chi connectivity index (χ0n) is 21.6. The number of hydrogen-bond donors (Lipinski definition) is 2. The van der Waals surface area contributed by atoms with Gasteiger partial charge in [-0.1, -0.05) is 23.3 Å². The van der Waals surface area contributed by atoms with E-state index in [-0.39, 0.29) is 24.1 Å². The fourth-order valence-electron chi connectivity index (χ4n) is 4.64. The summed E-state index contributed by atoms with van der Waals surface area (Å²) in [4.78, 5) is 13.1. The number of benzene rings is 2. The first-order valence-electron chi connectivity index (χ1n) is 12.3. The second-order valence-corrected chi connectivity index (χ2v) is 10.8. The van der Waals surface area contributed by atoms with E-state index in [1.807, 2.05) is 19.9 Å². The maximum absolute atomic E-state index is 13.1. The Morgan fingerprint density at radius 2 is 1.69 bits per heavy atom. The van der Waals surface area contributed by atoms with Gasteiger partial charge < -0.3 is 19.7 Å². The lowest BCUT2D eigenvalue weighted by molar-refractivity contribution is -0.0231. The molecule has 2 aliphatic rings. The second-order valence-electron chi connectivity index (χ2n) is 10.8. The van der Waals surface area contributed by atoms with E-state index in [2.05, 4.69) is 32.1 Å². The number of ketones is 1. The Bertz CT molecular complexity index is 1200. The molecule has 2 N–H and O–H groups in total. The van der Waals surface area contributed by atoms with Crippen molar-refractivity contribution in [2.75, 3.05) is 0 Å². The van der Waals surface area contributed by atoms with E-state index in [4.69, 9.17) is 9.47 Å². The second kappa shape index (κ2) is 9.54. The number of phenolic OH excluding ortho intramolecular Hbond substituents is 1. The molecule has 2 aliphatic heterocycles. The first-order chi connectivity index (χ1) is 16.4. The number of allylic oxidation sites excluding steroid dienone is 4. The van der Waals surface area contributed by atoms with Crippen molar-refractivity contribution >= 4 is 5.78 Å². The highest BCUT2D eigenvalue weighted by atomic mass is 16.5. The summed E-state index contributed by atoms with van der Waals surface area (Å²) in [5.74, 6) is 1.43. The van der Waals surface area contributed by atoms with Gasteiger partial charge in [0.15, 0.2) is 5.78 Å². The predicted octanol–water partition coefficient (Wildman–Crippen LogP) is 6.19. The first-order valence-corrected chi connectivity index (χ1v) is 12.3. The van der Waals surface area contributed by atoms with E-state index in [1.165, 1.54) is 5.57 Å². The summed E-state index contributed by atoms with van der Waals surface area (Å²) in [5, 5.41) is 21.1. The average molecular weight is 477 g/mol. The molecule has 4 rings (SSSR count). The summed E-state index contributed by atoms with van der Waals surface area (Å²) in [5.41, 5.74) is 5.48. The van der Waals surface area contributed by atoms with Gasteiger partial charge in [-0.05, 0) is 95.3 Å². The van der Waals surface area contributed by atoms with E-state index >= 15 is 0 Å². The molecule has 2 aromatic carbocycles. The third-order valence-electron chi connectivity index (χ3n) is 6.70. The van der Waals surface area contributed by atoms with Gasteiger partial charge in [-0.3, -0.25) is 4.79 Å². The first kappa shape index (κ1) is 25.1. The Morgan fingerprint density at radius 3 is 2.34 bits per heavy atom. The van der Waals surface area contributed by atoms with Crippen LogP contribution in [-0.2, 0) is 19.3 Å². The summed E-state index contributed by atoms with van der Waals surface area (Å²) in [6.07, 6.45) is 5.40. The maximum atomic E-state index is 13.1. The molecule has 0 saturated carbocycles. The van der Waals surface area contributed by atoms with Gasteiger partial charge in [0, 0.05) is 12.0 Å². The van der Waals surface area contributed by atoms with Crippen molar-refractivity contribution in [2.45, 2.75) is 85.0 Å². The number of hydrogen-bond acceptors (Lipinski definition) is 5. The number of Topliss-reactive ketones (excluding diaryl/α,β-unsaturated/α-hetero) is 1. The minimum absolute atomic E-state index is 0.00617. The Hall–Kier alpha value is -3.05. The van der Waals surface area contributed by atoms with Crippen LogP contribution in [0.15, 0.2) is 47.6 Å². The van der Waals surface area contributed by atoms with Gasteiger partial charge >= 0.3 is 0 Å². The van der Waals surface area contributed by atoms with Crippen LogP contribution in [0.4, 0.5) is 0 Å². The quantitative estimate of drug-likeness (QED) is 0.486. The summed E-state index contributed by atoms with van der Waals surface area (Å²) >= 11 is 0. The summed E-state index contributed by atoms with van der Waals surface area (Å²) in [6.45, 7) is 11.7. The smallest absolute Gasteiger partial charge is 0.170 e. The lowest BCUT2D eigenvalue weighted by Gasteiger charge is -2.28. The third kappa shape index (κ3) is 5.30. The minimum Gasteiger partial charge on any atom is -0.508 e. The topological polar surface area (TPSA) is 76.0 Å². The molecule has 0 aromatic heterocycles. The van der Waals surface area contributed by atoms with E-state index in [1.54, 1.807) is 26.0 Å². The largest absolute Gasteiger partial charge is 0.508 e. The van der Waals surface area contributed by atoms with Crippen LogP contribution in [0.5, 0.6) is 17.2 Å². The maximum Gasteiger partial charge on any atom is 0.170 e. The number of aromatic hydroxyl groups is 1. The molecule has 5 nitrogen and oxygen atoms in total. The molecule has 0 fully saturated rings. The Kier molecular flexibility index (Phi) is 6.83. The van der Waals surface area contributed by atoms with Crippen LogP contribution in [0.1, 0.15) is 86.7 Å². The standard InChI is InChI=1S/C30H36O5/c1-17(2)7-9-19-13-20(14-21-15-27(30(5,6)33)35-28(19)21)26-16-25(32)23-11-12-24(31)22(29(23)34-26)10-8-18(3)4/h7-8,11-14,26-27,31,33H,9-10,15-16H2,1-6H3. The molecule has 186 valence electrons. The van der Waals surface area contributed by atoms with Gasteiger partial charge in [0.2, 0.25) is 0 Å². The lowest BCUT2D eigenvalue weighted by atomic mass is 9.90. The van der Waals surface area contributed by atoms with Crippen LogP contribution in [0.25, 0.3) is 0 Å². The molecule has 2 unspecified atom stereocenters. The molecule has 0 amide bonds. The van der Waals surface area contributed by atoms with Crippen molar-refractivity contribution in [1.82, 2.24) is 0 Å². The van der Waals surface area contributed by atoms with Gasteiger partial charge in [0.25, 0.3) is 0 Å². The van der Waals surface area contributed by atoms with Crippen molar-refractivity contribution in [2.24, 2.45) is 0 Å². The van der Waals surface area contributed by atoms with Gasteiger partial charge in [-0.25, -0.2) is 0 Å². The number of rotatable bonds is 6. The number of aliphatic hydroxyl groups is 1. The van der Waals surface area contributed by atoms with Crippen LogP contribution in [0.2, 0.25) is 0 Å². The molecule has 0 saturated heterocycles. The number of carbonyl (C=O) groups is 1. The van der Waals surface area contributed by atoms with E-state index in [0.29, 0.717) is 36.1 Å². The molecule has 0 bridgehead atoms. The van der Waals surface area contributed by atoms with Gasteiger partial charge in [-0.15, -0.1) is 0 Å². The Labute approximate surface area is 208 Å². The fourth-order valence-corrected chi connectivity index (χ4v) is 4.64. The Balaban J connectivity index is 1.75. The zero-order valence-corrected chi connectivity index (χ0v) is 21.6. The van der Waals surface area contributed by atoms with Crippen LogP contribution in [-0.4, -0.2) is 27.7 Å². The monoisotopic (exact) mass is 476 g/mol. The molecule has 2 atom stereocenters. The highest BCUT2D eigenvalue weighted by Gasteiger charge is 2.37. The van der Waals surface area contributed by atoms with E-state index < -0.39 is 11.7 Å². The van der Waals surface area contributed by atoms with Crippen molar-refractivity contribution in [3.63, 3.8) is 0 Å². The molecule has 0 aliphatic carbocycles. The SMILES string of the molecule is CC(C)=CCc1cc(C2CC(=O)c3ccc(O)c(CC=C(C)C)c3O2)cc2c1OC(C(C)(C)O)C2. The number of fused-ring (bicyclic) bond motifs is 2. The van der Waals surface area contributed by atoms with Crippen molar-refractivity contribution in [3.8, 4) is 17.2 Å². The van der Waals surface area contributed by atoms with Crippen molar-refractivity contribution in [1.29, 1.82) is 0 Å². The molecule has 0 spiro atoms. The van der Waals surface area contributed by atoms with Crippen LogP contribution in [0.3, 0.4) is 0 Å². The fraction of sp³-hybridized carbons (Fsp3) is 0.433. The molecule has 2 aromatic rings. The van der Waals surface area contributed by atoms with Gasteiger partial charge in [0.05, 0.1) is 17.6 Å². The average Bonchev–Trinajstić information content (AvgIpc) is 3.21. The lowest BCUT2D eigenvalue weighted by Crippen LogP contribution is -2.39. The van der Waals surface area contributed by atoms with E-state index in [0.717, 1.165) is 28.0 Å². The minimum atomic E-state index is -0.972. The number of carbonyl (C=O) groups excluding carboxylic acids is 1. The number of phenols is 1. The van der Waals surface area contributed by atoms with E-state index in [9.17, 15) is 15.0 Å². The highest BCUT2D eigenvalue weighted by molar-refractivity contribution is 6.00. The molecule has 0 radical (unpaired) electrons.